The third-order valence-electron chi connectivity index (χ3n) is 4.95. The predicted molar refractivity (Wildman–Crippen MR) is 98.8 cm³/mol. The van der Waals surface area contributed by atoms with E-state index in [9.17, 15) is 9.90 Å². The molecule has 5 rings (SSSR count). The molecule has 2 aliphatic heterocycles. The summed E-state index contributed by atoms with van der Waals surface area (Å²) in [6, 6.07) is 0. The molecular weight excluding hydrogens is 364 g/mol. The van der Waals surface area contributed by atoms with Crippen LogP contribution in [0.25, 0.3) is 22.6 Å². The van der Waals surface area contributed by atoms with Crippen molar-refractivity contribution in [2.75, 3.05) is 44.3 Å². The van der Waals surface area contributed by atoms with Crippen LogP contribution in [-0.2, 0) is 11.8 Å². The molecule has 3 aromatic heterocycles. The van der Waals surface area contributed by atoms with Gasteiger partial charge in [0, 0.05) is 39.4 Å². The summed E-state index contributed by atoms with van der Waals surface area (Å²) in [5.41, 5.74) is 1.84. The van der Waals surface area contributed by atoms with Gasteiger partial charge in [0.1, 0.15) is 0 Å². The Morgan fingerprint density at radius 1 is 1.25 bits per heavy atom. The summed E-state index contributed by atoms with van der Waals surface area (Å²) in [7, 11) is 1.83. The second-order valence-electron chi connectivity index (χ2n) is 7.02. The first kappa shape index (κ1) is 17.1. The number of likely N-dealkylation sites (tertiary alicyclic amines) is 1. The number of fused-ring (bicyclic) bond motifs is 1. The summed E-state index contributed by atoms with van der Waals surface area (Å²) < 4.78 is 7.14. The number of carbonyl (C=O) groups excluding carboxylic acids is 1. The first-order valence-electron chi connectivity index (χ1n) is 9.15. The average molecular weight is 384 g/mol. The molecule has 3 aromatic rings. The van der Waals surface area contributed by atoms with Crippen molar-refractivity contribution < 1.29 is 14.6 Å². The molecule has 28 heavy (non-hydrogen) atoms. The van der Waals surface area contributed by atoms with E-state index in [2.05, 4.69) is 25.0 Å². The zero-order chi connectivity index (χ0) is 19.3. The zero-order valence-electron chi connectivity index (χ0n) is 15.4. The smallest absolute Gasteiger partial charge is 0.289 e. The molecule has 0 aromatic carbocycles. The van der Waals surface area contributed by atoms with Crippen molar-refractivity contribution in [3.05, 3.63) is 18.2 Å². The maximum absolute atomic E-state index is 12.6. The number of morpholine rings is 1. The number of nitrogens with one attached hydrogen (secondary N) is 1. The molecule has 11 nitrogen and oxygen atoms in total. The quantitative estimate of drug-likeness (QED) is 0.614. The number of aromatic amines is 1. The molecule has 0 spiro atoms. The lowest BCUT2D eigenvalue weighted by Gasteiger charge is -2.35. The largest absolute Gasteiger partial charge is 0.389 e. The Bertz CT molecular complexity index is 1030. The highest BCUT2D eigenvalue weighted by molar-refractivity contribution is 5.96. The van der Waals surface area contributed by atoms with E-state index in [0.29, 0.717) is 62.2 Å². The molecule has 2 aliphatic rings. The first-order chi connectivity index (χ1) is 13.6. The van der Waals surface area contributed by atoms with Crippen LogP contribution in [0.15, 0.2) is 12.4 Å². The lowest BCUT2D eigenvalue weighted by molar-refractivity contribution is 0.00518. The third-order valence-corrected chi connectivity index (χ3v) is 4.95. The standard InChI is InChI=1S/C17H20N8O3/c1-23-7-10(6-18-23)13-20-14-12(16(22-13)24-2-4-28-5-3-24)19-15(21-14)17(27)25-8-11(26)9-25/h6-7,11,26H,2-5,8-9H2,1H3,(H,19,20,21,22). The number of aliphatic hydroxyl groups is 1. The van der Waals surface area contributed by atoms with Crippen molar-refractivity contribution in [3.8, 4) is 11.4 Å². The Morgan fingerprint density at radius 3 is 2.71 bits per heavy atom. The molecule has 11 heteroatoms. The van der Waals surface area contributed by atoms with Gasteiger partial charge >= 0.3 is 0 Å². The predicted octanol–water partition coefficient (Wildman–Crippen LogP) is -0.593. The van der Waals surface area contributed by atoms with E-state index in [-0.39, 0.29) is 11.7 Å². The molecule has 2 N–H and O–H groups in total. The number of hydrogen-bond donors (Lipinski definition) is 2. The number of amides is 1. The number of H-pyrrole nitrogens is 1. The molecule has 2 saturated heterocycles. The molecule has 0 saturated carbocycles. The number of aromatic nitrogens is 6. The van der Waals surface area contributed by atoms with Crippen molar-refractivity contribution in [1.29, 1.82) is 0 Å². The molecule has 146 valence electrons. The lowest BCUT2D eigenvalue weighted by Crippen LogP contribution is -2.53. The van der Waals surface area contributed by atoms with Gasteiger partial charge in [0.15, 0.2) is 28.6 Å². The molecule has 0 unspecified atom stereocenters. The minimum Gasteiger partial charge on any atom is -0.389 e. The summed E-state index contributed by atoms with van der Waals surface area (Å²) in [5, 5.41) is 13.6. The number of ether oxygens (including phenoxy) is 1. The number of anilines is 1. The van der Waals surface area contributed by atoms with Gasteiger partial charge in [0.25, 0.3) is 5.91 Å². The topological polar surface area (TPSA) is 125 Å². The van der Waals surface area contributed by atoms with Gasteiger partial charge in [-0.25, -0.2) is 15.0 Å². The number of aliphatic hydroxyl groups excluding tert-OH is 1. The van der Waals surface area contributed by atoms with Crippen LogP contribution < -0.4 is 4.90 Å². The molecule has 0 bridgehead atoms. The fourth-order valence-corrected chi connectivity index (χ4v) is 3.42. The van der Waals surface area contributed by atoms with Gasteiger partial charge in [0.2, 0.25) is 0 Å². The Balaban J connectivity index is 1.60. The van der Waals surface area contributed by atoms with Gasteiger partial charge in [0.05, 0.1) is 31.1 Å². The Hall–Kier alpha value is -3.05. The lowest BCUT2D eigenvalue weighted by atomic mass is 10.2. The molecule has 0 atom stereocenters. The van der Waals surface area contributed by atoms with E-state index in [1.54, 1.807) is 15.8 Å². The van der Waals surface area contributed by atoms with E-state index in [1.807, 2.05) is 13.2 Å². The number of hydrogen-bond acceptors (Lipinski definition) is 8. The van der Waals surface area contributed by atoms with Gasteiger partial charge in [-0.05, 0) is 0 Å². The minimum absolute atomic E-state index is 0.203. The van der Waals surface area contributed by atoms with Gasteiger partial charge < -0.3 is 24.6 Å². The summed E-state index contributed by atoms with van der Waals surface area (Å²) in [6.45, 7) is 3.23. The number of rotatable bonds is 3. The molecule has 0 aliphatic carbocycles. The Labute approximate surface area is 160 Å². The van der Waals surface area contributed by atoms with Crippen molar-refractivity contribution in [2.24, 2.45) is 7.05 Å². The van der Waals surface area contributed by atoms with Crippen LogP contribution in [0.5, 0.6) is 0 Å². The van der Waals surface area contributed by atoms with E-state index in [0.717, 1.165) is 5.56 Å². The van der Waals surface area contributed by atoms with Crippen LogP contribution in [0.1, 0.15) is 10.6 Å². The van der Waals surface area contributed by atoms with Crippen LogP contribution in [0.2, 0.25) is 0 Å². The van der Waals surface area contributed by atoms with Crippen LogP contribution >= 0.6 is 0 Å². The van der Waals surface area contributed by atoms with Crippen LogP contribution in [0.4, 0.5) is 5.82 Å². The second-order valence-corrected chi connectivity index (χ2v) is 7.02. The number of nitrogens with zero attached hydrogens (tertiary/aromatic N) is 7. The highest BCUT2D eigenvalue weighted by Gasteiger charge is 2.32. The summed E-state index contributed by atoms with van der Waals surface area (Å²) in [4.78, 5) is 33.1. The summed E-state index contributed by atoms with van der Waals surface area (Å²) >= 11 is 0. The van der Waals surface area contributed by atoms with Crippen LogP contribution in [0, 0.1) is 0 Å². The first-order valence-corrected chi connectivity index (χ1v) is 9.15. The zero-order valence-corrected chi connectivity index (χ0v) is 15.4. The number of carbonyl (C=O) groups is 1. The summed E-state index contributed by atoms with van der Waals surface area (Å²) in [6.07, 6.45) is 3.08. The second kappa shape index (κ2) is 6.53. The van der Waals surface area contributed by atoms with E-state index < -0.39 is 6.10 Å². The van der Waals surface area contributed by atoms with E-state index >= 15 is 0 Å². The normalized spacial score (nSPS) is 17.9. The Kier molecular flexibility index (Phi) is 3.98. The molecule has 0 radical (unpaired) electrons. The monoisotopic (exact) mass is 384 g/mol. The van der Waals surface area contributed by atoms with Crippen LogP contribution in [0.3, 0.4) is 0 Å². The van der Waals surface area contributed by atoms with Gasteiger partial charge in [-0.3, -0.25) is 9.48 Å². The minimum atomic E-state index is -0.464. The van der Waals surface area contributed by atoms with Gasteiger partial charge in [-0.1, -0.05) is 0 Å². The van der Waals surface area contributed by atoms with E-state index in [1.165, 1.54) is 0 Å². The maximum Gasteiger partial charge on any atom is 0.289 e. The highest BCUT2D eigenvalue weighted by Crippen LogP contribution is 2.27. The van der Waals surface area contributed by atoms with Crippen LogP contribution in [-0.4, -0.2) is 91.1 Å². The summed E-state index contributed by atoms with van der Waals surface area (Å²) in [5.74, 6) is 1.14. The van der Waals surface area contributed by atoms with Gasteiger partial charge in [-0.15, -0.1) is 0 Å². The number of aryl methyl sites for hydroxylation is 1. The van der Waals surface area contributed by atoms with Crippen molar-refractivity contribution >= 4 is 22.9 Å². The Morgan fingerprint density at radius 2 is 2.04 bits per heavy atom. The molecule has 5 heterocycles. The maximum atomic E-state index is 12.6. The fraction of sp³-hybridized carbons (Fsp3) is 0.471. The number of imidazole rings is 1. The van der Waals surface area contributed by atoms with Crippen molar-refractivity contribution in [2.45, 2.75) is 6.10 Å². The molecule has 1 amide bonds. The molecular formula is C17H20N8O3. The van der Waals surface area contributed by atoms with Gasteiger partial charge in [-0.2, -0.15) is 5.10 Å². The SMILES string of the molecule is Cn1cc(-c2nc(N3CCOCC3)c3nc(C(=O)N4CC(O)C4)[nH]c3n2)cn1. The third kappa shape index (κ3) is 2.88. The van der Waals surface area contributed by atoms with E-state index in [4.69, 9.17) is 9.72 Å². The molecule has 2 fully saturated rings. The fourth-order valence-electron chi connectivity index (χ4n) is 3.42. The highest BCUT2D eigenvalue weighted by atomic mass is 16.5. The van der Waals surface area contributed by atoms with Crippen molar-refractivity contribution in [1.82, 2.24) is 34.6 Å². The van der Waals surface area contributed by atoms with Crippen molar-refractivity contribution in [3.63, 3.8) is 0 Å². The average Bonchev–Trinajstić information content (AvgIpc) is 3.31. The number of β-amino-alcohol motifs (C(OH)–C–C–N with tert-alkyl or cyclic N) is 1.